The average Bonchev–Trinajstić information content (AvgIpc) is 2.77. The van der Waals surface area contributed by atoms with Crippen molar-refractivity contribution >= 4 is 15.7 Å². The highest BCUT2D eigenvalue weighted by Gasteiger charge is 2.32. The smallest absolute Gasteiger partial charge is 0.224 e. The molecule has 5 nitrogen and oxygen atoms in total. The fourth-order valence-electron chi connectivity index (χ4n) is 3.13. The molecule has 1 N–H and O–H groups in total. The van der Waals surface area contributed by atoms with Crippen molar-refractivity contribution in [3.63, 3.8) is 0 Å². The van der Waals surface area contributed by atoms with Crippen LogP contribution in [0.15, 0.2) is 0 Å². The monoisotopic (exact) mass is 302 g/mol. The Morgan fingerprint density at radius 2 is 2.10 bits per heavy atom. The van der Waals surface area contributed by atoms with Gasteiger partial charge in [-0.2, -0.15) is 0 Å². The molecule has 116 valence electrons. The zero-order valence-corrected chi connectivity index (χ0v) is 13.1. The first kappa shape index (κ1) is 15.8. The molecule has 2 atom stereocenters. The van der Waals surface area contributed by atoms with E-state index in [0.717, 1.165) is 19.5 Å². The van der Waals surface area contributed by atoms with E-state index in [-0.39, 0.29) is 23.3 Å². The van der Waals surface area contributed by atoms with Crippen molar-refractivity contribution in [2.24, 2.45) is 5.92 Å². The zero-order valence-electron chi connectivity index (χ0n) is 12.3. The normalized spacial score (nSPS) is 30.2. The first-order valence-electron chi connectivity index (χ1n) is 7.70. The van der Waals surface area contributed by atoms with Crippen LogP contribution < -0.4 is 5.32 Å². The largest absolute Gasteiger partial charge is 0.356 e. The van der Waals surface area contributed by atoms with E-state index < -0.39 is 9.84 Å². The lowest BCUT2D eigenvalue weighted by Gasteiger charge is -2.33. The van der Waals surface area contributed by atoms with Gasteiger partial charge in [-0.3, -0.25) is 4.79 Å². The second kappa shape index (κ2) is 6.89. The Kier molecular flexibility index (Phi) is 5.43. The second-order valence-electron chi connectivity index (χ2n) is 6.13. The molecule has 0 spiro atoms. The molecule has 0 bridgehead atoms. The van der Waals surface area contributed by atoms with Crippen molar-refractivity contribution in [1.29, 1.82) is 0 Å². The summed E-state index contributed by atoms with van der Waals surface area (Å²) in [4.78, 5) is 14.3. The van der Waals surface area contributed by atoms with Crippen LogP contribution in [0.5, 0.6) is 0 Å². The maximum atomic E-state index is 11.9. The summed E-state index contributed by atoms with van der Waals surface area (Å²) in [7, 11) is -2.96. The van der Waals surface area contributed by atoms with Gasteiger partial charge in [-0.05, 0) is 39.2 Å². The minimum absolute atomic E-state index is 0.0298. The molecule has 0 saturated carbocycles. The second-order valence-corrected chi connectivity index (χ2v) is 8.35. The van der Waals surface area contributed by atoms with Gasteiger partial charge in [0, 0.05) is 19.1 Å². The van der Waals surface area contributed by atoms with E-state index in [9.17, 15) is 13.2 Å². The third kappa shape index (κ3) is 4.45. The van der Waals surface area contributed by atoms with Crippen LogP contribution in [0.4, 0.5) is 0 Å². The predicted octanol–water partition coefficient (Wildman–Crippen LogP) is 0.802. The quantitative estimate of drug-likeness (QED) is 0.763. The fourth-order valence-corrected chi connectivity index (χ4v) is 4.87. The van der Waals surface area contributed by atoms with Crippen molar-refractivity contribution in [2.75, 3.05) is 31.1 Å². The molecular weight excluding hydrogens is 276 g/mol. The molecule has 2 saturated heterocycles. The highest BCUT2D eigenvalue weighted by Crippen LogP contribution is 2.18. The number of hydrogen-bond donors (Lipinski definition) is 1. The zero-order chi connectivity index (χ0) is 14.6. The van der Waals surface area contributed by atoms with Crippen molar-refractivity contribution in [3.8, 4) is 0 Å². The van der Waals surface area contributed by atoms with E-state index in [4.69, 9.17) is 0 Å². The van der Waals surface area contributed by atoms with Crippen LogP contribution in [0.25, 0.3) is 0 Å². The van der Waals surface area contributed by atoms with E-state index in [1.54, 1.807) is 0 Å². The SMILES string of the molecule is CC1CCCCN1CCCNC(=O)C1CCS(=O)(=O)C1. The minimum Gasteiger partial charge on any atom is -0.356 e. The van der Waals surface area contributed by atoms with Gasteiger partial charge in [-0.25, -0.2) is 8.42 Å². The van der Waals surface area contributed by atoms with Crippen LogP contribution >= 0.6 is 0 Å². The van der Waals surface area contributed by atoms with Crippen LogP contribution in [0, 0.1) is 5.92 Å². The first-order valence-corrected chi connectivity index (χ1v) is 9.52. The van der Waals surface area contributed by atoms with Gasteiger partial charge in [0.05, 0.1) is 17.4 Å². The van der Waals surface area contributed by atoms with Gasteiger partial charge in [-0.1, -0.05) is 6.42 Å². The summed E-state index contributed by atoms with van der Waals surface area (Å²) in [5, 5.41) is 2.89. The Morgan fingerprint density at radius 1 is 1.30 bits per heavy atom. The summed E-state index contributed by atoms with van der Waals surface area (Å²) in [5.41, 5.74) is 0. The van der Waals surface area contributed by atoms with Gasteiger partial charge >= 0.3 is 0 Å². The number of piperidine rings is 1. The molecular formula is C14H26N2O3S. The van der Waals surface area contributed by atoms with Gasteiger partial charge in [0.25, 0.3) is 0 Å². The van der Waals surface area contributed by atoms with Crippen molar-refractivity contribution < 1.29 is 13.2 Å². The molecule has 0 aromatic rings. The molecule has 6 heteroatoms. The van der Waals surface area contributed by atoms with E-state index in [1.807, 2.05) is 0 Å². The Bertz CT molecular complexity index is 436. The van der Waals surface area contributed by atoms with Gasteiger partial charge in [0.2, 0.25) is 5.91 Å². The van der Waals surface area contributed by atoms with Crippen molar-refractivity contribution in [2.45, 2.75) is 45.1 Å². The molecule has 1 amide bonds. The molecule has 2 aliphatic rings. The molecule has 0 radical (unpaired) electrons. The number of carbonyl (C=O) groups excluding carboxylic acids is 1. The summed E-state index contributed by atoms with van der Waals surface area (Å²) >= 11 is 0. The number of nitrogens with zero attached hydrogens (tertiary/aromatic N) is 1. The molecule has 20 heavy (non-hydrogen) atoms. The van der Waals surface area contributed by atoms with Crippen LogP contribution in [0.1, 0.15) is 39.0 Å². The Labute approximate surface area is 122 Å². The minimum atomic E-state index is -2.96. The van der Waals surface area contributed by atoms with Gasteiger partial charge in [-0.15, -0.1) is 0 Å². The average molecular weight is 302 g/mol. The fraction of sp³-hybridized carbons (Fsp3) is 0.929. The Hall–Kier alpha value is -0.620. The topological polar surface area (TPSA) is 66.5 Å². The maximum absolute atomic E-state index is 11.9. The summed E-state index contributed by atoms with van der Waals surface area (Å²) in [6.07, 6.45) is 5.29. The lowest BCUT2D eigenvalue weighted by molar-refractivity contribution is -0.124. The Balaban J connectivity index is 1.62. The third-order valence-corrected chi connectivity index (χ3v) is 6.23. The van der Waals surface area contributed by atoms with Crippen molar-refractivity contribution in [1.82, 2.24) is 10.2 Å². The molecule has 2 fully saturated rings. The summed E-state index contributed by atoms with van der Waals surface area (Å²) in [6, 6.07) is 0.652. The lowest BCUT2D eigenvalue weighted by Crippen LogP contribution is -2.39. The van der Waals surface area contributed by atoms with Gasteiger partial charge < -0.3 is 10.2 Å². The van der Waals surface area contributed by atoms with Crippen LogP contribution in [-0.2, 0) is 14.6 Å². The van der Waals surface area contributed by atoms with E-state index in [2.05, 4.69) is 17.1 Å². The predicted molar refractivity (Wildman–Crippen MR) is 79.3 cm³/mol. The van der Waals surface area contributed by atoms with Crippen LogP contribution in [-0.4, -0.2) is 56.4 Å². The molecule has 2 heterocycles. The van der Waals surface area contributed by atoms with Gasteiger partial charge in [0.1, 0.15) is 0 Å². The molecule has 2 unspecified atom stereocenters. The maximum Gasteiger partial charge on any atom is 0.224 e. The molecule has 0 aromatic heterocycles. The standard InChI is InChI=1S/C14H26N2O3S/c1-12-5-2-3-8-16(12)9-4-7-15-14(17)13-6-10-20(18,19)11-13/h12-13H,2-11H2,1H3,(H,15,17). The highest BCUT2D eigenvalue weighted by atomic mass is 32.2. The first-order chi connectivity index (χ1) is 9.48. The Morgan fingerprint density at radius 3 is 2.75 bits per heavy atom. The molecule has 2 aliphatic heterocycles. The number of hydrogen-bond acceptors (Lipinski definition) is 4. The van der Waals surface area contributed by atoms with E-state index in [1.165, 1.54) is 19.3 Å². The molecule has 0 aliphatic carbocycles. The van der Waals surface area contributed by atoms with E-state index in [0.29, 0.717) is 19.0 Å². The number of amides is 1. The number of carbonyl (C=O) groups is 1. The van der Waals surface area contributed by atoms with E-state index >= 15 is 0 Å². The van der Waals surface area contributed by atoms with Crippen molar-refractivity contribution in [3.05, 3.63) is 0 Å². The summed E-state index contributed by atoms with van der Waals surface area (Å²) in [6.45, 7) is 5.10. The van der Waals surface area contributed by atoms with Crippen LogP contribution in [0.2, 0.25) is 0 Å². The van der Waals surface area contributed by atoms with Gasteiger partial charge in [0.15, 0.2) is 9.84 Å². The summed E-state index contributed by atoms with van der Waals surface area (Å²) in [5.74, 6) is -0.218. The number of sulfone groups is 1. The number of nitrogens with one attached hydrogen (secondary N) is 1. The highest BCUT2D eigenvalue weighted by molar-refractivity contribution is 7.91. The summed E-state index contributed by atoms with van der Waals surface area (Å²) < 4.78 is 22.7. The molecule has 0 aromatic carbocycles. The lowest BCUT2D eigenvalue weighted by atomic mass is 10.0. The number of likely N-dealkylation sites (tertiary alicyclic amines) is 1. The van der Waals surface area contributed by atoms with Crippen LogP contribution in [0.3, 0.4) is 0 Å². The molecule has 2 rings (SSSR count). The third-order valence-electron chi connectivity index (χ3n) is 4.47. The number of rotatable bonds is 5.